The Morgan fingerprint density at radius 3 is 2.27 bits per heavy atom. The molecule has 15 heavy (non-hydrogen) atoms. The van der Waals surface area contributed by atoms with Crippen molar-refractivity contribution < 1.29 is 19.8 Å². The van der Waals surface area contributed by atoms with Crippen LogP contribution in [-0.4, -0.2) is 46.2 Å². The van der Waals surface area contributed by atoms with Crippen molar-refractivity contribution in [3.63, 3.8) is 0 Å². The summed E-state index contributed by atoms with van der Waals surface area (Å²) in [6.45, 7) is -0.442. The average molecular weight is 213 g/mol. The summed E-state index contributed by atoms with van der Waals surface area (Å²) in [5, 5.41) is 17.3. The molecule has 0 aromatic heterocycles. The maximum atomic E-state index is 10.6. The molecule has 5 nitrogen and oxygen atoms in total. The van der Waals surface area contributed by atoms with Crippen LogP contribution in [-0.2, 0) is 9.59 Å². The van der Waals surface area contributed by atoms with Gasteiger partial charge >= 0.3 is 11.9 Å². The Balaban J connectivity index is 2.60. The van der Waals surface area contributed by atoms with Crippen molar-refractivity contribution in [2.24, 2.45) is 0 Å². The van der Waals surface area contributed by atoms with Crippen LogP contribution in [0.1, 0.15) is 19.3 Å². The molecule has 0 aromatic carbocycles. The van der Waals surface area contributed by atoms with E-state index in [1.54, 1.807) is 0 Å². The first kappa shape index (κ1) is 11.7. The zero-order valence-electron chi connectivity index (χ0n) is 8.43. The van der Waals surface area contributed by atoms with E-state index in [1.165, 1.54) is 4.90 Å². The molecule has 1 atom stereocenters. The standard InChI is InChI=1S/C10H15NO4/c12-9(13)6-11(7-10(14)15)8-4-2-1-3-5-8/h2,4,8H,1,3,5-7H2,(H,12,13)(H,14,15). The van der Waals surface area contributed by atoms with Crippen LogP contribution in [0, 0.1) is 0 Å². The predicted molar refractivity (Wildman–Crippen MR) is 53.6 cm³/mol. The molecule has 1 aliphatic rings. The van der Waals surface area contributed by atoms with Gasteiger partial charge in [-0.2, -0.15) is 0 Å². The third-order valence-electron chi connectivity index (χ3n) is 2.37. The molecule has 2 N–H and O–H groups in total. The minimum atomic E-state index is -0.991. The molecule has 0 amide bonds. The van der Waals surface area contributed by atoms with E-state index in [-0.39, 0.29) is 19.1 Å². The Hall–Kier alpha value is -1.36. The summed E-state index contributed by atoms with van der Waals surface area (Å²) in [6, 6.07) is -0.0500. The Labute approximate surface area is 88.0 Å². The predicted octanol–water partition coefficient (Wildman–Crippen LogP) is 0.566. The SMILES string of the molecule is O=C(O)CN(CC(=O)O)C1C=CCCC1. The van der Waals surface area contributed by atoms with E-state index in [4.69, 9.17) is 10.2 Å². The number of nitrogens with zero attached hydrogens (tertiary/aromatic N) is 1. The number of hydrogen-bond donors (Lipinski definition) is 2. The van der Waals surface area contributed by atoms with E-state index in [9.17, 15) is 9.59 Å². The fourth-order valence-corrected chi connectivity index (χ4v) is 1.74. The Morgan fingerprint density at radius 1 is 1.27 bits per heavy atom. The number of carboxylic acid groups (broad SMARTS) is 2. The molecule has 1 unspecified atom stereocenters. The van der Waals surface area contributed by atoms with Crippen LogP contribution >= 0.6 is 0 Å². The lowest BCUT2D eigenvalue weighted by Crippen LogP contribution is -2.41. The highest BCUT2D eigenvalue weighted by atomic mass is 16.4. The number of aliphatic carboxylic acids is 2. The fraction of sp³-hybridized carbons (Fsp3) is 0.600. The molecule has 0 spiro atoms. The zero-order valence-corrected chi connectivity index (χ0v) is 8.43. The molecular formula is C10H15NO4. The molecule has 0 bridgehead atoms. The average Bonchev–Trinajstić information content (AvgIpc) is 2.17. The summed E-state index contributed by atoms with van der Waals surface area (Å²) in [7, 11) is 0. The first-order valence-electron chi connectivity index (χ1n) is 4.94. The van der Waals surface area contributed by atoms with Gasteiger partial charge in [-0.1, -0.05) is 12.2 Å². The maximum absolute atomic E-state index is 10.6. The van der Waals surface area contributed by atoms with Crippen LogP contribution in [0.2, 0.25) is 0 Å². The lowest BCUT2D eigenvalue weighted by molar-refractivity contribution is -0.142. The van der Waals surface area contributed by atoms with Crippen LogP contribution in [0.5, 0.6) is 0 Å². The largest absolute Gasteiger partial charge is 0.480 e. The zero-order chi connectivity index (χ0) is 11.3. The second-order valence-electron chi connectivity index (χ2n) is 3.62. The maximum Gasteiger partial charge on any atom is 0.317 e. The first-order valence-corrected chi connectivity index (χ1v) is 4.94. The van der Waals surface area contributed by atoms with Gasteiger partial charge in [-0.3, -0.25) is 14.5 Å². The fourth-order valence-electron chi connectivity index (χ4n) is 1.74. The summed E-state index contributed by atoms with van der Waals surface area (Å²) < 4.78 is 0. The van der Waals surface area contributed by atoms with Gasteiger partial charge in [-0.15, -0.1) is 0 Å². The summed E-state index contributed by atoms with van der Waals surface area (Å²) in [4.78, 5) is 22.6. The quantitative estimate of drug-likeness (QED) is 0.653. The third kappa shape index (κ3) is 4.12. The van der Waals surface area contributed by atoms with E-state index in [2.05, 4.69) is 0 Å². The van der Waals surface area contributed by atoms with E-state index >= 15 is 0 Å². The molecule has 5 heteroatoms. The highest BCUT2D eigenvalue weighted by molar-refractivity contribution is 5.72. The summed E-state index contributed by atoms with van der Waals surface area (Å²) >= 11 is 0. The monoisotopic (exact) mass is 213 g/mol. The summed E-state index contributed by atoms with van der Waals surface area (Å²) in [5.41, 5.74) is 0. The van der Waals surface area contributed by atoms with Crippen molar-refractivity contribution in [2.75, 3.05) is 13.1 Å². The number of rotatable bonds is 5. The highest BCUT2D eigenvalue weighted by Crippen LogP contribution is 2.15. The van der Waals surface area contributed by atoms with Gasteiger partial charge in [0.15, 0.2) is 0 Å². The van der Waals surface area contributed by atoms with Gasteiger partial charge < -0.3 is 10.2 Å². The molecule has 0 fully saturated rings. The Bertz CT molecular complexity index is 259. The van der Waals surface area contributed by atoms with Crippen molar-refractivity contribution in [3.05, 3.63) is 12.2 Å². The Morgan fingerprint density at radius 2 is 1.87 bits per heavy atom. The summed E-state index contributed by atoms with van der Waals surface area (Å²) in [6.07, 6.45) is 6.68. The molecule has 0 saturated carbocycles. The van der Waals surface area contributed by atoms with Gasteiger partial charge in [0.05, 0.1) is 13.1 Å². The molecular weight excluding hydrogens is 198 g/mol. The molecule has 0 saturated heterocycles. The molecule has 0 aliphatic heterocycles. The number of hydrogen-bond acceptors (Lipinski definition) is 3. The molecule has 1 rings (SSSR count). The minimum Gasteiger partial charge on any atom is -0.480 e. The lowest BCUT2D eigenvalue weighted by atomic mass is 10.0. The molecule has 0 heterocycles. The van der Waals surface area contributed by atoms with Gasteiger partial charge in [0, 0.05) is 6.04 Å². The molecule has 0 aromatic rings. The number of allylic oxidation sites excluding steroid dienone is 1. The van der Waals surface area contributed by atoms with E-state index < -0.39 is 11.9 Å². The van der Waals surface area contributed by atoms with Crippen molar-refractivity contribution in [1.82, 2.24) is 4.90 Å². The van der Waals surface area contributed by atoms with Crippen molar-refractivity contribution >= 4 is 11.9 Å². The highest BCUT2D eigenvalue weighted by Gasteiger charge is 2.21. The van der Waals surface area contributed by atoms with Crippen molar-refractivity contribution in [3.8, 4) is 0 Å². The van der Waals surface area contributed by atoms with Gasteiger partial charge in [-0.25, -0.2) is 0 Å². The van der Waals surface area contributed by atoms with Gasteiger partial charge in [0.1, 0.15) is 0 Å². The first-order chi connectivity index (χ1) is 7.09. The van der Waals surface area contributed by atoms with E-state index in [0.29, 0.717) is 0 Å². The van der Waals surface area contributed by atoms with Crippen LogP contribution in [0.4, 0.5) is 0 Å². The second kappa shape index (κ2) is 5.50. The van der Waals surface area contributed by atoms with Crippen molar-refractivity contribution in [2.45, 2.75) is 25.3 Å². The minimum absolute atomic E-state index is 0.0500. The van der Waals surface area contributed by atoms with Gasteiger partial charge in [0.25, 0.3) is 0 Å². The molecule has 0 radical (unpaired) electrons. The molecule has 84 valence electrons. The number of carbonyl (C=O) groups is 2. The van der Waals surface area contributed by atoms with E-state index in [0.717, 1.165) is 19.3 Å². The third-order valence-corrected chi connectivity index (χ3v) is 2.37. The Kier molecular flexibility index (Phi) is 4.30. The smallest absolute Gasteiger partial charge is 0.317 e. The van der Waals surface area contributed by atoms with Gasteiger partial charge in [0.2, 0.25) is 0 Å². The molecule has 1 aliphatic carbocycles. The van der Waals surface area contributed by atoms with Gasteiger partial charge in [-0.05, 0) is 19.3 Å². The lowest BCUT2D eigenvalue weighted by Gasteiger charge is -2.28. The summed E-state index contributed by atoms with van der Waals surface area (Å²) in [5.74, 6) is -1.98. The van der Waals surface area contributed by atoms with Crippen LogP contribution in [0.3, 0.4) is 0 Å². The van der Waals surface area contributed by atoms with Crippen LogP contribution < -0.4 is 0 Å². The van der Waals surface area contributed by atoms with Crippen LogP contribution in [0.15, 0.2) is 12.2 Å². The van der Waals surface area contributed by atoms with E-state index in [1.807, 2.05) is 12.2 Å². The van der Waals surface area contributed by atoms with Crippen molar-refractivity contribution in [1.29, 1.82) is 0 Å². The number of carboxylic acids is 2. The normalized spacial score (nSPS) is 20.5. The topological polar surface area (TPSA) is 77.8 Å². The second-order valence-corrected chi connectivity index (χ2v) is 3.62. The van der Waals surface area contributed by atoms with Crippen LogP contribution in [0.25, 0.3) is 0 Å².